The second kappa shape index (κ2) is 8.52. The molecule has 0 aliphatic carbocycles. The molecule has 0 aromatic heterocycles. The van der Waals surface area contributed by atoms with Gasteiger partial charge in [-0.15, -0.1) is 0 Å². The number of rotatable bonds is 6. The third kappa shape index (κ3) is 5.62. The van der Waals surface area contributed by atoms with Crippen LogP contribution in [0.25, 0.3) is 0 Å². The molecule has 5 heteroatoms. The van der Waals surface area contributed by atoms with Crippen LogP contribution < -0.4 is 15.4 Å². The number of hydrogen-bond acceptors (Lipinski definition) is 3. The van der Waals surface area contributed by atoms with E-state index in [9.17, 15) is 9.59 Å². The van der Waals surface area contributed by atoms with Crippen molar-refractivity contribution >= 4 is 17.5 Å². The molecule has 0 atom stereocenters. The Morgan fingerprint density at radius 3 is 2.35 bits per heavy atom. The fraction of sp³-hybridized carbons (Fsp3) is 0.333. The minimum Gasteiger partial charge on any atom is -0.497 e. The van der Waals surface area contributed by atoms with Crippen molar-refractivity contribution in [3.05, 3.63) is 59.7 Å². The largest absolute Gasteiger partial charge is 0.497 e. The predicted molar refractivity (Wildman–Crippen MR) is 104 cm³/mol. The monoisotopic (exact) mass is 354 g/mol. The zero-order valence-electron chi connectivity index (χ0n) is 15.8. The fourth-order valence-electron chi connectivity index (χ4n) is 2.27. The Morgan fingerprint density at radius 1 is 1.04 bits per heavy atom. The smallest absolute Gasteiger partial charge is 0.251 e. The zero-order valence-corrected chi connectivity index (χ0v) is 15.8. The number of benzene rings is 2. The highest BCUT2D eigenvalue weighted by molar-refractivity contribution is 5.98. The quantitative estimate of drug-likeness (QED) is 0.832. The first-order valence-corrected chi connectivity index (χ1v) is 8.62. The molecule has 0 unspecified atom stereocenters. The summed E-state index contributed by atoms with van der Waals surface area (Å²) in [4.78, 5) is 24.4. The molecule has 0 radical (unpaired) electrons. The molecular formula is C21H26N2O3. The van der Waals surface area contributed by atoms with Crippen LogP contribution in [0.15, 0.2) is 48.5 Å². The highest BCUT2D eigenvalue weighted by Gasteiger charge is 2.21. The van der Waals surface area contributed by atoms with Gasteiger partial charge in [0.25, 0.3) is 5.91 Å². The molecule has 0 saturated heterocycles. The Bertz CT molecular complexity index is 762. The van der Waals surface area contributed by atoms with E-state index in [0.29, 0.717) is 17.8 Å². The molecule has 2 rings (SSSR count). The SMILES string of the molecule is COc1ccc(CCNC(=O)c2cccc(NC(=O)C(C)(C)C)c2)cc1. The molecule has 138 valence electrons. The molecule has 0 aliphatic rings. The van der Waals surface area contributed by atoms with Crippen LogP contribution >= 0.6 is 0 Å². The standard InChI is InChI=1S/C21H26N2O3/c1-21(2,3)20(25)23-17-7-5-6-16(14-17)19(24)22-13-12-15-8-10-18(26-4)11-9-15/h5-11,14H,12-13H2,1-4H3,(H,22,24)(H,23,25). The van der Waals surface area contributed by atoms with Crippen LogP contribution in [0.4, 0.5) is 5.69 Å². The van der Waals surface area contributed by atoms with E-state index in [1.54, 1.807) is 31.4 Å². The molecule has 2 N–H and O–H groups in total. The maximum Gasteiger partial charge on any atom is 0.251 e. The van der Waals surface area contributed by atoms with Crippen LogP contribution in [0, 0.1) is 5.41 Å². The van der Waals surface area contributed by atoms with Crippen LogP contribution in [0.2, 0.25) is 0 Å². The first-order valence-electron chi connectivity index (χ1n) is 8.62. The van der Waals surface area contributed by atoms with Crippen molar-refractivity contribution in [2.45, 2.75) is 27.2 Å². The van der Waals surface area contributed by atoms with Crippen LogP contribution in [-0.2, 0) is 11.2 Å². The lowest BCUT2D eigenvalue weighted by Crippen LogP contribution is -2.28. The van der Waals surface area contributed by atoms with Crippen molar-refractivity contribution in [3.8, 4) is 5.75 Å². The highest BCUT2D eigenvalue weighted by Crippen LogP contribution is 2.18. The van der Waals surface area contributed by atoms with Crippen LogP contribution in [0.1, 0.15) is 36.7 Å². The summed E-state index contributed by atoms with van der Waals surface area (Å²) in [7, 11) is 1.63. The molecular weight excluding hydrogens is 328 g/mol. The topological polar surface area (TPSA) is 67.4 Å². The van der Waals surface area contributed by atoms with E-state index < -0.39 is 5.41 Å². The number of carbonyl (C=O) groups excluding carboxylic acids is 2. The number of nitrogens with one attached hydrogen (secondary N) is 2. The minimum absolute atomic E-state index is 0.0884. The molecule has 2 aromatic rings. The average Bonchev–Trinajstić information content (AvgIpc) is 2.61. The minimum atomic E-state index is -0.489. The van der Waals surface area contributed by atoms with Gasteiger partial charge in [-0.1, -0.05) is 39.0 Å². The van der Waals surface area contributed by atoms with Gasteiger partial charge >= 0.3 is 0 Å². The molecule has 0 aliphatic heterocycles. The second-order valence-corrected chi connectivity index (χ2v) is 7.14. The lowest BCUT2D eigenvalue weighted by atomic mass is 9.95. The lowest BCUT2D eigenvalue weighted by Gasteiger charge is -2.18. The number of hydrogen-bond donors (Lipinski definition) is 2. The molecule has 0 heterocycles. The average molecular weight is 354 g/mol. The van der Waals surface area contributed by atoms with Crippen LogP contribution in [0.5, 0.6) is 5.75 Å². The third-order valence-corrected chi connectivity index (χ3v) is 3.92. The van der Waals surface area contributed by atoms with E-state index in [1.807, 2.05) is 45.0 Å². The van der Waals surface area contributed by atoms with Gasteiger partial charge < -0.3 is 15.4 Å². The summed E-state index contributed by atoms with van der Waals surface area (Å²) in [5.74, 6) is 0.562. The van der Waals surface area contributed by atoms with Crippen molar-refractivity contribution in [3.63, 3.8) is 0 Å². The molecule has 26 heavy (non-hydrogen) atoms. The number of carbonyl (C=O) groups is 2. The summed E-state index contributed by atoms with van der Waals surface area (Å²) in [6.07, 6.45) is 0.732. The summed E-state index contributed by atoms with van der Waals surface area (Å²) >= 11 is 0. The normalized spacial score (nSPS) is 10.9. The van der Waals surface area contributed by atoms with E-state index in [-0.39, 0.29) is 11.8 Å². The Balaban J connectivity index is 1.90. The zero-order chi connectivity index (χ0) is 19.2. The number of methoxy groups -OCH3 is 1. The van der Waals surface area contributed by atoms with Gasteiger partial charge in [-0.3, -0.25) is 9.59 Å². The Hall–Kier alpha value is -2.82. The van der Waals surface area contributed by atoms with Crippen molar-refractivity contribution in [1.29, 1.82) is 0 Å². The van der Waals surface area contributed by atoms with Crippen molar-refractivity contribution in [2.24, 2.45) is 5.41 Å². The molecule has 2 aromatic carbocycles. The number of anilines is 1. The van der Waals surface area contributed by atoms with Gasteiger partial charge in [0.05, 0.1) is 7.11 Å². The van der Waals surface area contributed by atoms with Gasteiger partial charge in [0.1, 0.15) is 5.75 Å². The highest BCUT2D eigenvalue weighted by atomic mass is 16.5. The third-order valence-electron chi connectivity index (χ3n) is 3.92. The Kier molecular flexibility index (Phi) is 6.39. The summed E-state index contributed by atoms with van der Waals surface area (Å²) < 4.78 is 5.13. The van der Waals surface area contributed by atoms with E-state index in [0.717, 1.165) is 17.7 Å². The molecule has 0 fully saturated rings. The molecule has 0 saturated carbocycles. The fourth-order valence-corrected chi connectivity index (χ4v) is 2.27. The van der Waals surface area contributed by atoms with Crippen LogP contribution in [0.3, 0.4) is 0 Å². The van der Waals surface area contributed by atoms with Gasteiger partial charge in [0, 0.05) is 23.2 Å². The summed E-state index contributed by atoms with van der Waals surface area (Å²) in [6, 6.07) is 14.7. The maximum atomic E-state index is 12.3. The predicted octanol–water partition coefficient (Wildman–Crippen LogP) is 3.65. The van der Waals surface area contributed by atoms with E-state index in [1.165, 1.54) is 0 Å². The summed E-state index contributed by atoms with van der Waals surface area (Å²) in [5, 5.41) is 5.74. The Morgan fingerprint density at radius 2 is 1.73 bits per heavy atom. The van der Waals surface area contributed by atoms with Crippen molar-refractivity contribution in [1.82, 2.24) is 5.32 Å². The lowest BCUT2D eigenvalue weighted by molar-refractivity contribution is -0.123. The first kappa shape index (κ1) is 19.5. The second-order valence-electron chi connectivity index (χ2n) is 7.14. The molecule has 0 spiro atoms. The van der Waals surface area contributed by atoms with Gasteiger partial charge in [-0.25, -0.2) is 0 Å². The molecule has 2 amide bonds. The summed E-state index contributed by atoms with van der Waals surface area (Å²) in [5.41, 5.74) is 1.77. The van der Waals surface area contributed by atoms with Crippen molar-refractivity contribution in [2.75, 3.05) is 19.0 Å². The van der Waals surface area contributed by atoms with Gasteiger partial charge in [0.15, 0.2) is 0 Å². The van der Waals surface area contributed by atoms with E-state index in [4.69, 9.17) is 4.74 Å². The van der Waals surface area contributed by atoms with E-state index >= 15 is 0 Å². The van der Waals surface area contributed by atoms with Gasteiger partial charge in [0.2, 0.25) is 5.91 Å². The summed E-state index contributed by atoms with van der Waals surface area (Å²) in [6.45, 7) is 6.07. The number of ether oxygens (including phenoxy) is 1. The molecule has 5 nitrogen and oxygen atoms in total. The van der Waals surface area contributed by atoms with Crippen molar-refractivity contribution < 1.29 is 14.3 Å². The number of amides is 2. The van der Waals surface area contributed by atoms with Gasteiger partial charge in [-0.05, 0) is 42.3 Å². The first-order chi connectivity index (χ1) is 12.3. The van der Waals surface area contributed by atoms with Gasteiger partial charge in [-0.2, -0.15) is 0 Å². The van der Waals surface area contributed by atoms with E-state index in [2.05, 4.69) is 10.6 Å². The Labute approximate surface area is 154 Å². The van der Waals surface area contributed by atoms with Crippen LogP contribution in [-0.4, -0.2) is 25.5 Å². The molecule has 0 bridgehead atoms. The maximum absolute atomic E-state index is 12.3.